The van der Waals surface area contributed by atoms with Gasteiger partial charge in [-0.25, -0.2) is 4.98 Å². The van der Waals surface area contributed by atoms with Crippen LogP contribution >= 0.6 is 0 Å². The molecule has 180 valence electrons. The van der Waals surface area contributed by atoms with Gasteiger partial charge in [-0.3, -0.25) is 14.2 Å². The lowest BCUT2D eigenvalue weighted by molar-refractivity contribution is 0.0677. The third kappa shape index (κ3) is 5.19. The first-order chi connectivity index (χ1) is 16.9. The first-order valence-electron chi connectivity index (χ1n) is 12.4. The smallest absolute Gasteiger partial charge is 0.266 e. The number of aryl methyl sites for hydroxylation is 2. The van der Waals surface area contributed by atoms with Gasteiger partial charge >= 0.3 is 0 Å². The maximum Gasteiger partial charge on any atom is 0.266 e. The van der Waals surface area contributed by atoms with E-state index in [1.807, 2.05) is 92.4 Å². The largest absolute Gasteiger partial charge is 0.329 e. The van der Waals surface area contributed by atoms with Gasteiger partial charge in [-0.1, -0.05) is 67.3 Å². The molecule has 4 aromatic rings. The fourth-order valence-corrected chi connectivity index (χ4v) is 4.38. The Balaban J connectivity index is 1.87. The fourth-order valence-electron chi connectivity index (χ4n) is 4.38. The van der Waals surface area contributed by atoms with Crippen LogP contribution in [0.15, 0.2) is 77.6 Å². The van der Waals surface area contributed by atoms with Crippen LogP contribution in [-0.2, 0) is 0 Å². The SMILES string of the molecule is CCCCCN(C(=O)c1ccc(C)cc1)C(C)c1nc2ccccc2c(=O)n1-c1ccc(C)cc1. The molecule has 0 N–H and O–H groups in total. The third-order valence-corrected chi connectivity index (χ3v) is 6.50. The van der Waals surface area contributed by atoms with Crippen molar-refractivity contribution in [2.24, 2.45) is 0 Å². The van der Waals surface area contributed by atoms with Crippen molar-refractivity contribution in [3.63, 3.8) is 0 Å². The Morgan fingerprint density at radius 2 is 1.54 bits per heavy atom. The van der Waals surface area contributed by atoms with Crippen LogP contribution in [0.4, 0.5) is 0 Å². The number of fused-ring (bicyclic) bond motifs is 1. The Kier molecular flexibility index (Phi) is 7.45. The van der Waals surface area contributed by atoms with Gasteiger partial charge in [0, 0.05) is 12.1 Å². The topological polar surface area (TPSA) is 55.2 Å². The second-order valence-corrected chi connectivity index (χ2v) is 9.21. The highest BCUT2D eigenvalue weighted by Crippen LogP contribution is 2.25. The van der Waals surface area contributed by atoms with E-state index in [0.29, 0.717) is 28.8 Å². The molecule has 0 aliphatic heterocycles. The predicted octanol–water partition coefficient (Wildman–Crippen LogP) is 6.40. The molecular weight excluding hydrogens is 434 g/mol. The Morgan fingerprint density at radius 1 is 0.914 bits per heavy atom. The van der Waals surface area contributed by atoms with Crippen LogP contribution in [0.2, 0.25) is 0 Å². The zero-order valence-electron chi connectivity index (χ0n) is 21.0. The van der Waals surface area contributed by atoms with E-state index in [-0.39, 0.29) is 11.5 Å². The van der Waals surface area contributed by atoms with Crippen LogP contribution in [0.5, 0.6) is 0 Å². The number of rotatable bonds is 8. The van der Waals surface area contributed by atoms with Crippen molar-refractivity contribution in [3.05, 3.63) is 106 Å². The van der Waals surface area contributed by atoms with Crippen molar-refractivity contribution in [3.8, 4) is 5.69 Å². The summed E-state index contributed by atoms with van der Waals surface area (Å²) in [5.74, 6) is 0.515. The quantitative estimate of drug-likeness (QED) is 0.282. The van der Waals surface area contributed by atoms with E-state index in [9.17, 15) is 9.59 Å². The molecule has 1 aromatic heterocycles. The van der Waals surface area contributed by atoms with E-state index in [1.54, 1.807) is 10.6 Å². The van der Waals surface area contributed by atoms with E-state index in [1.165, 1.54) is 0 Å². The molecule has 0 bridgehead atoms. The zero-order valence-corrected chi connectivity index (χ0v) is 21.0. The molecule has 1 atom stereocenters. The molecule has 4 rings (SSSR count). The number of nitrogens with zero attached hydrogens (tertiary/aromatic N) is 3. The van der Waals surface area contributed by atoms with Gasteiger partial charge in [0.15, 0.2) is 0 Å². The second-order valence-electron chi connectivity index (χ2n) is 9.21. The van der Waals surface area contributed by atoms with Crippen LogP contribution in [-0.4, -0.2) is 26.9 Å². The van der Waals surface area contributed by atoms with Crippen LogP contribution in [0.3, 0.4) is 0 Å². The lowest BCUT2D eigenvalue weighted by atomic mass is 10.1. The van der Waals surface area contributed by atoms with E-state index in [4.69, 9.17) is 4.98 Å². The molecule has 0 saturated heterocycles. The monoisotopic (exact) mass is 467 g/mol. The minimum Gasteiger partial charge on any atom is -0.329 e. The maximum absolute atomic E-state index is 13.7. The van der Waals surface area contributed by atoms with Crippen LogP contribution in [0, 0.1) is 13.8 Å². The first kappa shape index (κ1) is 24.4. The summed E-state index contributed by atoms with van der Waals surface area (Å²) in [6.45, 7) is 8.74. The predicted molar refractivity (Wildman–Crippen MR) is 142 cm³/mol. The Morgan fingerprint density at radius 3 is 2.20 bits per heavy atom. The highest BCUT2D eigenvalue weighted by molar-refractivity contribution is 5.94. The molecule has 5 heteroatoms. The molecule has 0 saturated carbocycles. The zero-order chi connectivity index (χ0) is 24.9. The van der Waals surface area contributed by atoms with Gasteiger partial charge in [-0.05, 0) is 63.6 Å². The lowest BCUT2D eigenvalue weighted by Crippen LogP contribution is -2.38. The summed E-state index contributed by atoms with van der Waals surface area (Å²) in [5, 5.41) is 0.561. The summed E-state index contributed by atoms with van der Waals surface area (Å²) < 4.78 is 1.67. The molecule has 3 aromatic carbocycles. The van der Waals surface area contributed by atoms with Crippen molar-refractivity contribution in [1.82, 2.24) is 14.5 Å². The lowest BCUT2D eigenvalue weighted by Gasteiger charge is -2.31. The van der Waals surface area contributed by atoms with Gasteiger partial charge < -0.3 is 4.90 Å². The molecular formula is C30H33N3O2. The summed E-state index contributed by atoms with van der Waals surface area (Å²) in [4.78, 5) is 34.2. The van der Waals surface area contributed by atoms with E-state index in [0.717, 1.165) is 36.1 Å². The van der Waals surface area contributed by atoms with Crippen molar-refractivity contribution < 1.29 is 4.79 Å². The molecule has 0 radical (unpaired) electrons. The molecule has 35 heavy (non-hydrogen) atoms. The first-order valence-corrected chi connectivity index (χ1v) is 12.4. The van der Waals surface area contributed by atoms with Crippen molar-refractivity contribution >= 4 is 16.8 Å². The summed E-state index contributed by atoms with van der Waals surface area (Å²) in [6, 6.07) is 22.5. The fraction of sp³-hybridized carbons (Fsp3) is 0.300. The minimum absolute atomic E-state index is 0.0496. The number of carbonyl (C=O) groups excluding carboxylic acids is 1. The summed E-state index contributed by atoms with van der Waals surface area (Å²) >= 11 is 0. The maximum atomic E-state index is 13.7. The molecule has 1 heterocycles. The number of unbranched alkanes of at least 4 members (excludes halogenated alkanes) is 2. The van der Waals surface area contributed by atoms with Crippen LogP contribution in [0.1, 0.15) is 66.5 Å². The number of hydrogen-bond acceptors (Lipinski definition) is 3. The standard InChI is InChI=1S/C30H33N3O2/c1-5-6-9-20-32(29(34)24-16-12-21(2)13-17-24)23(4)28-31-27-11-8-7-10-26(27)30(35)33(28)25-18-14-22(3)15-19-25/h7-8,10-19,23H,5-6,9,20H2,1-4H3. The minimum atomic E-state index is -0.403. The Bertz CT molecular complexity index is 1370. The molecule has 0 spiro atoms. The number of para-hydroxylation sites is 1. The van der Waals surface area contributed by atoms with Gasteiger partial charge in [-0.15, -0.1) is 0 Å². The molecule has 5 nitrogen and oxygen atoms in total. The molecule has 1 amide bonds. The second kappa shape index (κ2) is 10.7. The van der Waals surface area contributed by atoms with Gasteiger partial charge in [0.1, 0.15) is 5.82 Å². The summed E-state index contributed by atoms with van der Waals surface area (Å²) in [5.41, 5.74) is 4.12. The number of benzene rings is 3. The Hall–Kier alpha value is -3.73. The van der Waals surface area contributed by atoms with Crippen LogP contribution in [0.25, 0.3) is 16.6 Å². The molecule has 0 aliphatic carbocycles. The van der Waals surface area contributed by atoms with Gasteiger partial charge in [0.2, 0.25) is 0 Å². The molecule has 0 fully saturated rings. The van der Waals surface area contributed by atoms with Crippen molar-refractivity contribution in [2.45, 2.75) is 53.0 Å². The highest BCUT2D eigenvalue weighted by Gasteiger charge is 2.27. The van der Waals surface area contributed by atoms with Gasteiger partial charge in [0.05, 0.1) is 22.6 Å². The van der Waals surface area contributed by atoms with Crippen LogP contribution < -0.4 is 5.56 Å². The summed E-state index contributed by atoms with van der Waals surface area (Å²) in [7, 11) is 0. The average Bonchev–Trinajstić information content (AvgIpc) is 2.87. The van der Waals surface area contributed by atoms with Crippen molar-refractivity contribution in [2.75, 3.05) is 6.54 Å². The number of amides is 1. The number of hydrogen-bond donors (Lipinski definition) is 0. The summed E-state index contributed by atoms with van der Waals surface area (Å²) in [6.07, 6.45) is 2.98. The third-order valence-electron chi connectivity index (χ3n) is 6.50. The van der Waals surface area contributed by atoms with E-state index >= 15 is 0 Å². The van der Waals surface area contributed by atoms with Gasteiger partial charge in [-0.2, -0.15) is 0 Å². The van der Waals surface area contributed by atoms with Gasteiger partial charge in [0.25, 0.3) is 11.5 Å². The molecule has 1 unspecified atom stereocenters. The number of carbonyl (C=O) groups is 1. The van der Waals surface area contributed by atoms with Crippen molar-refractivity contribution in [1.29, 1.82) is 0 Å². The average molecular weight is 468 g/mol. The van der Waals surface area contributed by atoms with E-state index in [2.05, 4.69) is 6.92 Å². The van der Waals surface area contributed by atoms with E-state index < -0.39 is 6.04 Å². The Labute approximate surface area is 207 Å². The number of aromatic nitrogens is 2. The highest BCUT2D eigenvalue weighted by atomic mass is 16.2. The normalized spacial score (nSPS) is 12.0. The molecule has 0 aliphatic rings.